The molecule has 4 aliphatic rings. The fourth-order valence-corrected chi connectivity index (χ4v) is 12.6. The fourth-order valence-electron chi connectivity index (χ4n) is 12.6. The van der Waals surface area contributed by atoms with Gasteiger partial charge < -0.3 is 18.6 Å². The van der Waals surface area contributed by atoms with E-state index in [1.54, 1.807) is 0 Å². The van der Waals surface area contributed by atoms with Gasteiger partial charge in [-0.05, 0) is 91.5 Å². The number of anilines is 4. The molecular formula is C56H52B2N4. The van der Waals surface area contributed by atoms with Crippen LogP contribution in [0.25, 0.3) is 43.6 Å². The van der Waals surface area contributed by atoms with E-state index >= 15 is 0 Å². The Hall–Kier alpha value is -6.13. The number of hydrogen-bond acceptors (Lipinski definition) is 2. The molecule has 6 heteroatoms. The minimum absolute atomic E-state index is 0.0249. The van der Waals surface area contributed by atoms with E-state index in [2.05, 4.69) is 221 Å². The topological polar surface area (TPSA) is 16.3 Å². The van der Waals surface area contributed by atoms with Gasteiger partial charge in [-0.15, -0.1) is 0 Å². The third-order valence-corrected chi connectivity index (χ3v) is 15.6. The zero-order chi connectivity index (χ0) is 42.6. The van der Waals surface area contributed by atoms with Crippen molar-refractivity contribution in [2.75, 3.05) is 9.62 Å². The van der Waals surface area contributed by atoms with Crippen LogP contribution >= 0.6 is 0 Å². The van der Waals surface area contributed by atoms with Crippen LogP contribution in [0, 0.1) is 0 Å². The summed E-state index contributed by atoms with van der Waals surface area (Å²) < 4.78 is 5.51. The molecule has 4 aliphatic heterocycles. The maximum atomic E-state index is 2.77. The predicted molar refractivity (Wildman–Crippen MR) is 266 cm³/mol. The number of nitrogens with zero attached hydrogens (tertiary/aromatic N) is 4. The summed E-state index contributed by atoms with van der Waals surface area (Å²) in [5, 5.41) is 5.37. The molecule has 9 aromatic rings. The highest BCUT2D eigenvalue weighted by atomic mass is 15.3. The second-order valence-corrected chi connectivity index (χ2v) is 21.8. The van der Waals surface area contributed by atoms with Gasteiger partial charge in [0.15, 0.2) is 0 Å². The van der Waals surface area contributed by atoms with E-state index in [-0.39, 0.29) is 35.6 Å². The maximum Gasteiger partial charge on any atom is 0.421 e. The van der Waals surface area contributed by atoms with Crippen LogP contribution in [-0.2, 0) is 21.7 Å². The molecule has 13 rings (SSSR count). The Bertz CT molecular complexity index is 3250. The Labute approximate surface area is 366 Å². The van der Waals surface area contributed by atoms with Gasteiger partial charge in [-0.1, -0.05) is 166 Å². The normalized spacial score (nSPS) is 16.7. The average molecular weight is 803 g/mol. The van der Waals surface area contributed by atoms with E-state index in [0.717, 1.165) is 0 Å². The molecular weight excluding hydrogens is 750 g/mol. The third kappa shape index (κ3) is 4.27. The molecule has 6 heterocycles. The van der Waals surface area contributed by atoms with Gasteiger partial charge in [-0.25, -0.2) is 0 Å². The Morgan fingerprint density at radius 3 is 1.16 bits per heavy atom. The van der Waals surface area contributed by atoms with Crippen LogP contribution in [0.4, 0.5) is 22.7 Å². The van der Waals surface area contributed by atoms with Crippen molar-refractivity contribution < 1.29 is 0 Å². The summed E-state index contributed by atoms with van der Waals surface area (Å²) in [4.78, 5) is 5.53. The van der Waals surface area contributed by atoms with Gasteiger partial charge in [0.2, 0.25) is 0 Å². The molecule has 2 aromatic heterocycles. The van der Waals surface area contributed by atoms with Crippen LogP contribution in [0.3, 0.4) is 0 Å². The lowest BCUT2D eigenvalue weighted by Crippen LogP contribution is -2.49. The lowest BCUT2D eigenvalue weighted by atomic mass is 9.62. The molecule has 0 amide bonds. The van der Waals surface area contributed by atoms with E-state index in [0.29, 0.717) is 0 Å². The molecule has 0 bridgehead atoms. The lowest BCUT2D eigenvalue weighted by Gasteiger charge is -2.31. The summed E-state index contributed by atoms with van der Waals surface area (Å²) >= 11 is 0. The van der Waals surface area contributed by atoms with E-state index in [1.165, 1.54) is 111 Å². The minimum Gasteiger partial charge on any atom is -0.359 e. The number of benzene rings is 7. The molecule has 0 radical (unpaired) electrons. The molecule has 0 aliphatic carbocycles. The zero-order valence-electron chi connectivity index (χ0n) is 37.6. The number of hydrogen-bond donors (Lipinski definition) is 0. The van der Waals surface area contributed by atoms with Crippen molar-refractivity contribution in [2.24, 2.45) is 0 Å². The number of rotatable bonds is 0. The van der Waals surface area contributed by atoms with Crippen LogP contribution in [0.2, 0.25) is 0 Å². The smallest absolute Gasteiger partial charge is 0.359 e. The first kappa shape index (κ1) is 36.5. The lowest BCUT2D eigenvalue weighted by molar-refractivity contribution is 0.591. The first-order valence-electron chi connectivity index (χ1n) is 22.7. The first-order chi connectivity index (χ1) is 29.6. The van der Waals surface area contributed by atoms with Gasteiger partial charge in [0.05, 0.1) is 22.4 Å². The predicted octanol–water partition coefficient (Wildman–Crippen LogP) is 12.6. The summed E-state index contributed by atoms with van der Waals surface area (Å²) in [5.41, 5.74) is 20.9. The fraction of sp³-hybridized carbons (Fsp3) is 0.250. The molecule has 302 valence electrons. The van der Waals surface area contributed by atoms with Crippen LogP contribution in [0.15, 0.2) is 133 Å². The van der Waals surface area contributed by atoms with Crippen molar-refractivity contribution in [1.29, 1.82) is 0 Å². The van der Waals surface area contributed by atoms with Gasteiger partial charge in [0, 0.05) is 54.8 Å². The van der Waals surface area contributed by atoms with Crippen molar-refractivity contribution in [3.63, 3.8) is 0 Å². The number of fused-ring (bicyclic) bond motifs is 22. The molecule has 4 nitrogen and oxygen atoms in total. The maximum absolute atomic E-state index is 2.77. The Morgan fingerprint density at radius 2 is 0.774 bits per heavy atom. The van der Waals surface area contributed by atoms with Gasteiger partial charge in [0.25, 0.3) is 0 Å². The highest BCUT2D eigenvalue weighted by Crippen LogP contribution is 2.61. The highest BCUT2D eigenvalue weighted by molar-refractivity contribution is 6.84. The molecule has 0 unspecified atom stereocenters. The summed E-state index contributed by atoms with van der Waals surface area (Å²) in [6.45, 7) is 23.7. The van der Waals surface area contributed by atoms with Crippen LogP contribution in [0.5, 0.6) is 0 Å². The van der Waals surface area contributed by atoms with E-state index < -0.39 is 0 Å². The monoisotopic (exact) mass is 802 g/mol. The molecule has 0 saturated carbocycles. The average Bonchev–Trinajstić information content (AvgIpc) is 3.95. The van der Waals surface area contributed by atoms with E-state index in [9.17, 15) is 0 Å². The van der Waals surface area contributed by atoms with E-state index in [1.807, 2.05) is 0 Å². The molecule has 0 saturated heterocycles. The highest BCUT2D eigenvalue weighted by Gasteiger charge is 2.53. The quantitative estimate of drug-likeness (QED) is 0.142. The zero-order valence-corrected chi connectivity index (χ0v) is 37.6. The summed E-state index contributed by atoms with van der Waals surface area (Å²) in [6, 6.07) is 52.0. The van der Waals surface area contributed by atoms with Gasteiger partial charge in [-0.3, -0.25) is 0 Å². The Morgan fingerprint density at radius 1 is 0.419 bits per heavy atom. The summed E-state index contributed by atoms with van der Waals surface area (Å²) in [5.74, 6) is 0. The molecule has 0 spiro atoms. The number of para-hydroxylation sites is 2. The van der Waals surface area contributed by atoms with Gasteiger partial charge >= 0.3 is 14.0 Å². The van der Waals surface area contributed by atoms with Crippen LogP contribution in [-0.4, -0.2) is 22.9 Å². The Kier molecular flexibility index (Phi) is 6.75. The van der Waals surface area contributed by atoms with Gasteiger partial charge in [-0.2, -0.15) is 0 Å². The third-order valence-electron chi connectivity index (χ3n) is 15.6. The second-order valence-electron chi connectivity index (χ2n) is 21.8. The van der Waals surface area contributed by atoms with Crippen molar-refractivity contribution in [2.45, 2.75) is 90.9 Å². The van der Waals surface area contributed by atoms with Crippen LogP contribution in [0.1, 0.15) is 103 Å². The molecule has 62 heavy (non-hydrogen) atoms. The number of aromatic nitrogens is 2. The molecule has 7 aromatic carbocycles. The van der Waals surface area contributed by atoms with Crippen molar-refractivity contribution in [3.8, 4) is 0 Å². The van der Waals surface area contributed by atoms with Crippen molar-refractivity contribution in [1.82, 2.24) is 8.96 Å². The van der Waals surface area contributed by atoms with Gasteiger partial charge in [0.1, 0.15) is 0 Å². The molecule has 0 N–H and O–H groups in total. The van der Waals surface area contributed by atoms with Crippen molar-refractivity contribution in [3.05, 3.63) is 167 Å². The summed E-state index contributed by atoms with van der Waals surface area (Å²) in [7, 11) is 0. The SMILES string of the molecule is CC(C)(C)c1ccc2c(c1)c1c3c4c(c5c1n2B1c2ccccc2C(C)(C)c2ccccc2N15)c1cc(C(C)(C)C)ccc1n4B1c2ccccc2C(C)(C)c2ccccc2N13. The summed E-state index contributed by atoms with van der Waals surface area (Å²) in [6.07, 6.45) is 0. The molecule has 0 atom stereocenters. The first-order valence-corrected chi connectivity index (χ1v) is 22.7. The molecule has 0 fully saturated rings. The standard InChI is InChI=1S/C56H52B2N4/c1-53(2,3)33-27-29-43-35(31-33)47-49-52(62-46-26-18-14-22-40(46)55(7,8)37-19-11-15-23-41(37)57(62)59(43)49)48-36-32-34(54(4,5)6)28-30-44(36)60-50(48)51(47)61-45-25-17-13-21-39(45)56(9,10)38-20-12-16-24-42(38)58(60)61/h11-32H,1-10H3. The van der Waals surface area contributed by atoms with Crippen LogP contribution < -0.4 is 20.5 Å². The minimum atomic E-state index is -0.224. The van der Waals surface area contributed by atoms with E-state index in [4.69, 9.17) is 0 Å². The largest absolute Gasteiger partial charge is 0.421 e. The Balaban J connectivity index is 1.32. The second kappa shape index (κ2) is 11.5. The van der Waals surface area contributed by atoms with Crippen molar-refractivity contribution >= 4 is 91.3 Å².